The molecule has 0 radical (unpaired) electrons. The maximum atomic E-state index is 2.35. The first kappa shape index (κ1) is 22.6. The van der Waals surface area contributed by atoms with Gasteiger partial charge in [0.15, 0.2) is 0 Å². The Bertz CT molecular complexity index is 29.2. The molecule has 0 saturated heterocycles. The Kier molecular flexibility index (Phi) is 38.1. The van der Waals surface area contributed by atoms with Crippen molar-refractivity contribution in [1.29, 1.82) is 0 Å². The molecule has 0 fully saturated rings. The van der Waals surface area contributed by atoms with Crippen molar-refractivity contribution in [3.8, 4) is 0 Å². The third-order valence-electron chi connectivity index (χ3n) is 0. The van der Waals surface area contributed by atoms with Crippen molar-refractivity contribution < 1.29 is 11.0 Å². The van der Waals surface area contributed by atoms with Gasteiger partial charge in [0.2, 0.25) is 0 Å². The van der Waals surface area contributed by atoms with Gasteiger partial charge in [-0.3, -0.25) is 0 Å². The van der Waals surface area contributed by atoms with Crippen molar-refractivity contribution in [3.63, 3.8) is 0 Å². The summed E-state index contributed by atoms with van der Waals surface area (Å²) in [6, 6.07) is 0. The van der Waals surface area contributed by atoms with Gasteiger partial charge in [-0.2, -0.15) is 0 Å². The van der Waals surface area contributed by atoms with E-state index in [-0.39, 0.29) is 11.0 Å². The molecule has 2 nitrogen and oxygen atoms in total. The summed E-state index contributed by atoms with van der Waals surface area (Å²) in [5, 5.41) is 0. The van der Waals surface area contributed by atoms with Crippen LogP contribution in [0.4, 0.5) is 0 Å². The van der Waals surface area contributed by atoms with Crippen LogP contribution in [0.15, 0.2) is 0 Å². The fourth-order valence-corrected chi connectivity index (χ4v) is 0. The predicted molar refractivity (Wildman–Crippen MR) is 53.9 cm³/mol. The molecule has 0 aromatic heterocycles. The first-order chi connectivity index (χ1) is 3.46. The van der Waals surface area contributed by atoms with Gasteiger partial charge in [0.25, 0.3) is 0 Å². The molecule has 68 valence electrons. The quantitative estimate of drug-likeness (QED) is 0.574. The monoisotopic (exact) mass is 368 g/mol. The normalized spacial score (nSPS) is 7.20. The maximum absolute atomic E-state index is 2.35. The van der Waals surface area contributed by atoms with Gasteiger partial charge in [-0.25, -0.2) is 0 Å². The van der Waals surface area contributed by atoms with Crippen molar-refractivity contribution in [2.75, 3.05) is 0 Å². The summed E-state index contributed by atoms with van der Waals surface area (Å²) in [6.45, 7) is 0. The molecular formula is C6H22O2Sb2. The van der Waals surface area contributed by atoms with Gasteiger partial charge in [-0.15, -0.1) is 0 Å². The molecule has 0 heterocycles. The molecule has 0 amide bonds. The second-order valence-corrected chi connectivity index (χ2v) is 18.0. The molecule has 0 aliphatic heterocycles. The molecule has 0 saturated carbocycles. The number of hydrogen-bond donors (Lipinski definition) is 0. The van der Waals surface area contributed by atoms with Crippen LogP contribution >= 0.6 is 0 Å². The zero-order chi connectivity index (χ0) is 7.15. The van der Waals surface area contributed by atoms with Gasteiger partial charge in [0.1, 0.15) is 0 Å². The van der Waals surface area contributed by atoms with E-state index < -0.39 is 40.4 Å². The van der Waals surface area contributed by atoms with Crippen molar-refractivity contribution in [2.24, 2.45) is 0 Å². The van der Waals surface area contributed by atoms with E-state index in [1.807, 2.05) is 0 Å². The van der Waals surface area contributed by atoms with Crippen molar-refractivity contribution >= 4 is 40.4 Å². The SMILES string of the molecule is O.O.[CH3][Sb]([CH3])[CH3].[CH3][Sb]([CH3])[CH3]. The van der Waals surface area contributed by atoms with E-state index in [1.165, 1.54) is 0 Å². The van der Waals surface area contributed by atoms with Crippen molar-refractivity contribution in [2.45, 2.75) is 29.2 Å². The molecule has 0 atom stereocenters. The summed E-state index contributed by atoms with van der Waals surface area (Å²) in [6.07, 6.45) is 0. The third kappa shape index (κ3) is 289. The van der Waals surface area contributed by atoms with E-state index in [4.69, 9.17) is 0 Å². The zero-order valence-corrected chi connectivity index (χ0v) is 13.0. The van der Waals surface area contributed by atoms with Crippen LogP contribution in [0.1, 0.15) is 0 Å². The van der Waals surface area contributed by atoms with E-state index in [1.54, 1.807) is 0 Å². The minimum absolute atomic E-state index is 0. The van der Waals surface area contributed by atoms with Gasteiger partial charge in [-0.05, 0) is 0 Å². The van der Waals surface area contributed by atoms with E-state index in [0.29, 0.717) is 0 Å². The average Bonchev–Trinajstić information content (AvgIpc) is 1.25. The standard InChI is InChI=1S/6CH3.2H2O.2Sb/h6*1H3;2*1H2;;. The molecule has 0 aromatic rings. The Morgan fingerprint density at radius 1 is 0.500 bits per heavy atom. The molecule has 4 heteroatoms. The fraction of sp³-hybridized carbons (Fsp3) is 1.00. The Balaban J connectivity index is -0.0000000300. The average molecular weight is 370 g/mol. The van der Waals surface area contributed by atoms with Crippen LogP contribution in [0, 0.1) is 0 Å². The molecule has 0 spiro atoms. The summed E-state index contributed by atoms with van der Waals surface area (Å²) in [5.41, 5.74) is 0. The fourth-order valence-electron chi connectivity index (χ4n) is 0. The minimum atomic E-state index is -0.450. The Hall–Kier alpha value is 1.56. The molecule has 0 bridgehead atoms. The van der Waals surface area contributed by atoms with E-state index in [0.717, 1.165) is 0 Å². The van der Waals surface area contributed by atoms with Gasteiger partial charge in [0.05, 0.1) is 0 Å². The van der Waals surface area contributed by atoms with Crippen LogP contribution in [0.3, 0.4) is 0 Å². The zero-order valence-electron chi connectivity index (χ0n) is 7.89. The molecule has 4 N–H and O–H groups in total. The van der Waals surface area contributed by atoms with Crippen LogP contribution in [0.5, 0.6) is 0 Å². The topological polar surface area (TPSA) is 63.0 Å². The molecule has 0 aliphatic carbocycles. The molecule has 10 heavy (non-hydrogen) atoms. The van der Waals surface area contributed by atoms with Crippen LogP contribution in [-0.4, -0.2) is 51.4 Å². The molecule has 0 rings (SSSR count). The predicted octanol–water partition coefficient (Wildman–Crippen LogP) is 1.09. The first-order valence-corrected chi connectivity index (χ1v) is 18.0. The van der Waals surface area contributed by atoms with Crippen molar-refractivity contribution in [3.05, 3.63) is 0 Å². The second-order valence-electron chi connectivity index (χ2n) is 2.68. The van der Waals surface area contributed by atoms with E-state index in [9.17, 15) is 0 Å². The molecule has 0 aliphatic rings. The summed E-state index contributed by atoms with van der Waals surface area (Å²) in [7, 11) is 0. The second kappa shape index (κ2) is 16.9. The Labute approximate surface area is 79.9 Å². The number of rotatable bonds is 0. The van der Waals surface area contributed by atoms with Gasteiger partial charge < -0.3 is 11.0 Å². The molecular weight excluding hydrogens is 348 g/mol. The Morgan fingerprint density at radius 2 is 0.500 bits per heavy atom. The van der Waals surface area contributed by atoms with Crippen LogP contribution < -0.4 is 0 Å². The summed E-state index contributed by atoms with van der Waals surface area (Å²) >= 11 is -0.900. The summed E-state index contributed by atoms with van der Waals surface area (Å²) < 4.78 is 0. The van der Waals surface area contributed by atoms with E-state index in [2.05, 4.69) is 29.2 Å². The van der Waals surface area contributed by atoms with Crippen LogP contribution in [0.2, 0.25) is 29.2 Å². The van der Waals surface area contributed by atoms with Crippen molar-refractivity contribution in [1.82, 2.24) is 0 Å². The van der Waals surface area contributed by atoms with Gasteiger partial charge >= 0.3 is 69.6 Å². The first-order valence-electron chi connectivity index (χ1n) is 2.68. The number of hydrogen-bond acceptors (Lipinski definition) is 0. The summed E-state index contributed by atoms with van der Waals surface area (Å²) in [5.74, 6) is 0. The van der Waals surface area contributed by atoms with Gasteiger partial charge in [0, 0.05) is 0 Å². The van der Waals surface area contributed by atoms with Crippen LogP contribution in [0.25, 0.3) is 0 Å². The molecule has 0 aromatic carbocycles. The van der Waals surface area contributed by atoms with E-state index >= 15 is 0 Å². The Morgan fingerprint density at radius 3 is 0.500 bits per heavy atom. The van der Waals surface area contributed by atoms with Crippen LogP contribution in [-0.2, 0) is 0 Å². The molecule has 0 unspecified atom stereocenters. The van der Waals surface area contributed by atoms with Gasteiger partial charge in [-0.1, -0.05) is 0 Å². The third-order valence-corrected chi connectivity index (χ3v) is 0. The summed E-state index contributed by atoms with van der Waals surface area (Å²) in [4.78, 5) is 14.1.